The second-order valence-electron chi connectivity index (χ2n) is 4.99. The van der Waals surface area contributed by atoms with E-state index in [0.717, 1.165) is 24.3 Å². The van der Waals surface area contributed by atoms with Crippen molar-refractivity contribution >= 4 is 17.0 Å². The standard InChI is InChI=1S/C17H23NOS/c1-4-13(3)19-15-9-6-8-14(12-15)18-16(5-2)17-10-7-11-20-17/h6-13,16,18H,4-5H2,1-3H3. The van der Waals surface area contributed by atoms with Gasteiger partial charge in [0.25, 0.3) is 0 Å². The van der Waals surface area contributed by atoms with Crippen molar-refractivity contribution in [3.8, 4) is 5.75 Å². The average Bonchev–Trinajstić information content (AvgIpc) is 2.99. The number of nitrogens with one attached hydrogen (secondary N) is 1. The van der Waals surface area contributed by atoms with Crippen LogP contribution >= 0.6 is 11.3 Å². The molecule has 2 rings (SSSR count). The van der Waals surface area contributed by atoms with Gasteiger partial charge in [-0.05, 0) is 43.3 Å². The Morgan fingerprint density at radius 2 is 2.00 bits per heavy atom. The van der Waals surface area contributed by atoms with Crippen LogP contribution in [0.1, 0.15) is 44.5 Å². The maximum Gasteiger partial charge on any atom is 0.121 e. The maximum absolute atomic E-state index is 5.87. The van der Waals surface area contributed by atoms with E-state index in [-0.39, 0.29) is 6.10 Å². The lowest BCUT2D eigenvalue weighted by atomic mass is 10.1. The van der Waals surface area contributed by atoms with Crippen LogP contribution in [0.5, 0.6) is 5.75 Å². The van der Waals surface area contributed by atoms with E-state index < -0.39 is 0 Å². The molecule has 2 aromatic rings. The fraction of sp³-hybridized carbons (Fsp3) is 0.412. The largest absolute Gasteiger partial charge is 0.491 e. The number of ether oxygens (including phenoxy) is 1. The van der Waals surface area contributed by atoms with Gasteiger partial charge >= 0.3 is 0 Å². The third kappa shape index (κ3) is 4.01. The van der Waals surface area contributed by atoms with Crippen LogP contribution < -0.4 is 10.1 Å². The third-order valence-electron chi connectivity index (χ3n) is 3.38. The van der Waals surface area contributed by atoms with E-state index in [1.807, 2.05) is 12.1 Å². The van der Waals surface area contributed by atoms with Gasteiger partial charge in [-0.15, -0.1) is 11.3 Å². The summed E-state index contributed by atoms with van der Waals surface area (Å²) in [4.78, 5) is 1.38. The van der Waals surface area contributed by atoms with Gasteiger partial charge in [0, 0.05) is 16.6 Å². The summed E-state index contributed by atoms with van der Waals surface area (Å²) in [5, 5.41) is 5.72. The molecule has 2 unspecified atom stereocenters. The monoisotopic (exact) mass is 289 g/mol. The summed E-state index contributed by atoms with van der Waals surface area (Å²) in [5.41, 5.74) is 1.12. The molecule has 0 bridgehead atoms. The molecule has 0 aliphatic rings. The number of thiophene rings is 1. The van der Waals surface area contributed by atoms with E-state index in [2.05, 4.69) is 55.7 Å². The van der Waals surface area contributed by atoms with Crippen LogP contribution in [0.25, 0.3) is 0 Å². The molecule has 0 fully saturated rings. The van der Waals surface area contributed by atoms with E-state index in [4.69, 9.17) is 4.74 Å². The number of hydrogen-bond donors (Lipinski definition) is 1. The Morgan fingerprint density at radius 1 is 1.15 bits per heavy atom. The van der Waals surface area contributed by atoms with Crippen molar-refractivity contribution in [1.29, 1.82) is 0 Å². The Bertz CT molecular complexity index is 509. The van der Waals surface area contributed by atoms with Gasteiger partial charge in [-0.2, -0.15) is 0 Å². The van der Waals surface area contributed by atoms with Crippen LogP contribution in [0, 0.1) is 0 Å². The molecule has 0 saturated carbocycles. The third-order valence-corrected chi connectivity index (χ3v) is 4.37. The van der Waals surface area contributed by atoms with Crippen molar-refractivity contribution in [2.45, 2.75) is 45.8 Å². The molecule has 0 aliphatic heterocycles. The van der Waals surface area contributed by atoms with Crippen molar-refractivity contribution < 1.29 is 4.74 Å². The summed E-state index contributed by atoms with van der Waals surface area (Å²) in [6.45, 7) is 6.44. The number of benzene rings is 1. The molecule has 0 amide bonds. The lowest BCUT2D eigenvalue weighted by Crippen LogP contribution is -2.11. The molecule has 1 N–H and O–H groups in total. The van der Waals surface area contributed by atoms with Crippen LogP contribution in [0.4, 0.5) is 5.69 Å². The van der Waals surface area contributed by atoms with E-state index in [9.17, 15) is 0 Å². The molecule has 1 aromatic heterocycles. The zero-order valence-corrected chi connectivity index (χ0v) is 13.2. The molecule has 3 heteroatoms. The van der Waals surface area contributed by atoms with Gasteiger partial charge in [-0.25, -0.2) is 0 Å². The zero-order valence-electron chi connectivity index (χ0n) is 12.4. The first-order valence-electron chi connectivity index (χ1n) is 7.29. The average molecular weight is 289 g/mol. The first-order valence-corrected chi connectivity index (χ1v) is 8.17. The van der Waals surface area contributed by atoms with Crippen molar-refractivity contribution in [2.75, 3.05) is 5.32 Å². The minimum Gasteiger partial charge on any atom is -0.491 e. The van der Waals surface area contributed by atoms with Gasteiger partial charge in [-0.3, -0.25) is 0 Å². The molecule has 108 valence electrons. The molecule has 0 aliphatic carbocycles. The summed E-state index contributed by atoms with van der Waals surface area (Å²) in [6, 6.07) is 12.9. The molecule has 2 nitrogen and oxygen atoms in total. The Balaban J connectivity index is 2.07. The van der Waals surface area contributed by atoms with E-state index in [1.54, 1.807) is 11.3 Å². The lowest BCUT2D eigenvalue weighted by Gasteiger charge is -2.18. The normalized spacial score (nSPS) is 13.8. The fourth-order valence-electron chi connectivity index (χ4n) is 2.04. The van der Waals surface area contributed by atoms with Crippen molar-refractivity contribution in [3.05, 3.63) is 46.7 Å². The Hall–Kier alpha value is -1.48. The predicted octanol–water partition coefficient (Wildman–Crippen LogP) is 5.49. The maximum atomic E-state index is 5.87. The second-order valence-corrected chi connectivity index (χ2v) is 5.96. The van der Waals surface area contributed by atoms with Gasteiger partial charge in [0.05, 0.1) is 12.1 Å². The fourth-order valence-corrected chi connectivity index (χ4v) is 2.90. The van der Waals surface area contributed by atoms with Crippen molar-refractivity contribution in [3.63, 3.8) is 0 Å². The smallest absolute Gasteiger partial charge is 0.121 e. The van der Waals surface area contributed by atoms with Gasteiger partial charge in [0.2, 0.25) is 0 Å². The summed E-state index contributed by atoms with van der Waals surface area (Å²) in [6.07, 6.45) is 2.34. The highest BCUT2D eigenvalue weighted by atomic mass is 32.1. The van der Waals surface area contributed by atoms with Gasteiger partial charge in [-0.1, -0.05) is 26.0 Å². The van der Waals surface area contributed by atoms with E-state index >= 15 is 0 Å². The van der Waals surface area contributed by atoms with Gasteiger partial charge in [0.1, 0.15) is 5.75 Å². The minimum absolute atomic E-state index is 0.254. The SMILES string of the molecule is CCC(C)Oc1cccc(NC(CC)c2cccs2)c1. The molecule has 2 atom stereocenters. The first kappa shape index (κ1) is 14.9. The summed E-state index contributed by atoms with van der Waals surface area (Å²) < 4.78 is 5.87. The highest BCUT2D eigenvalue weighted by Crippen LogP contribution is 2.28. The number of rotatable bonds is 7. The van der Waals surface area contributed by atoms with Crippen molar-refractivity contribution in [1.82, 2.24) is 0 Å². The highest BCUT2D eigenvalue weighted by Gasteiger charge is 2.10. The molecule has 1 aromatic carbocycles. The van der Waals surface area contributed by atoms with E-state index in [0.29, 0.717) is 6.04 Å². The molecule has 0 spiro atoms. The molecule has 1 heterocycles. The van der Waals surface area contributed by atoms with Crippen LogP contribution in [0.2, 0.25) is 0 Å². The first-order chi connectivity index (χ1) is 9.72. The number of anilines is 1. The van der Waals surface area contributed by atoms with Crippen LogP contribution in [0.15, 0.2) is 41.8 Å². The Kier molecular flexibility index (Phi) is 5.48. The summed E-state index contributed by atoms with van der Waals surface area (Å²) in [5.74, 6) is 0.936. The summed E-state index contributed by atoms with van der Waals surface area (Å²) in [7, 11) is 0. The molecular formula is C17H23NOS. The molecular weight excluding hydrogens is 266 g/mol. The lowest BCUT2D eigenvalue weighted by molar-refractivity contribution is 0.217. The van der Waals surface area contributed by atoms with Gasteiger partial charge in [0.15, 0.2) is 0 Å². The molecule has 20 heavy (non-hydrogen) atoms. The topological polar surface area (TPSA) is 21.3 Å². The van der Waals surface area contributed by atoms with Crippen LogP contribution in [0.3, 0.4) is 0 Å². The molecule has 0 saturated heterocycles. The zero-order chi connectivity index (χ0) is 14.4. The minimum atomic E-state index is 0.254. The predicted molar refractivity (Wildman–Crippen MR) is 87.8 cm³/mol. The Labute approximate surface area is 125 Å². The second kappa shape index (κ2) is 7.34. The summed E-state index contributed by atoms with van der Waals surface area (Å²) >= 11 is 1.80. The molecule has 0 radical (unpaired) electrons. The van der Waals surface area contributed by atoms with Gasteiger partial charge < -0.3 is 10.1 Å². The number of hydrogen-bond acceptors (Lipinski definition) is 3. The van der Waals surface area contributed by atoms with E-state index in [1.165, 1.54) is 4.88 Å². The highest BCUT2D eigenvalue weighted by molar-refractivity contribution is 7.10. The van der Waals surface area contributed by atoms with Crippen molar-refractivity contribution in [2.24, 2.45) is 0 Å². The van der Waals surface area contributed by atoms with Crippen LogP contribution in [-0.2, 0) is 0 Å². The Morgan fingerprint density at radius 3 is 2.65 bits per heavy atom. The van der Waals surface area contributed by atoms with Crippen LogP contribution in [-0.4, -0.2) is 6.10 Å². The quantitative estimate of drug-likeness (QED) is 0.728.